The van der Waals surface area contributed by atoms with Crippen molar-refractivity contribution in [2.45, 2.75) is 13.0 Å². The lowest BCUT2D eigenvalue weighted by atomic mass is 10.00. The second-order valence-corrected chi connectivity index (χ2v) is 6.74. The van der Waals surface area contributed by atoms with E-state index >= 15 is 0 Å². The van der Waals surface area contributed by atoms with Crippen molar-refractivity contribution in [1.82, 2.24) is 4.57 Å². The molecule has 0 amide bonds. The van der Waals surface area contributed by atoms with Gasteiger partial charge in [-0.05, 0) is 23.3 Å². The number of aromatic nitrogens is 1. The van der Waals surface area contributed by atoms with Crippen LogP contribution in [0.15, 0.2) is 41.3 Å². The number of aliphatic hydroxyl groups is 1. The fourth-order valence-corrected chi connectivity index (χ4v) is 3.37. The Morgan fingerprint density at radius 2 is 1.85 bits per heavy atom. The van der Waals surface area contributed by atoms with Crippen molar-refractivity contribution in [1.29, 1.82) is 0 Å². The minimum Gasteiger partial charge on any atom is -0.507 e. The van der Waals surface area contributed by atoms with Gasteiger partial charge in [0.05, 0.1) is 27.6 Å². The molecule has 0 aliphatic rings. The molecule has 8 heteroatoms. The maximum Gasteiger partial charge on any atom is 0.341 e. The Bertz CT molecular complexity index is 1110. The molecular formula is C19H15Cl2NO5. The fourth-order valence-electron chi connectivity index (χ4n) is 2.98. The second-order valence-electron chi connectivity index (χ2n) is 5.95. The second kappa shape index (κ2) is 7.60. The highest BCUT2D eigenvalue weighted by Crippen LogP contribution is 2.32. The molecule has 3 N–H and O–H groups in total. The van der Waals surface area contributed by atoms with E-state index in [0.717, 1.165) is 6.20 Å². The van der Waals surface area contributed by atoms with Crippen molar-refractivity contribution in [3.05, 3.63) is 73.5 Å². The number of hydrogen-bond donors (Lipinski definition) is 3. The number of carboxylic acid groups (broad SMARTS) is 1. The lowest BCUT2D eigenvalue weighted by Gasteiger charge is -2.14. The number of rotatable bonds is 5. The van der Waals surface area contributed by atoms with Crippen molar-refractivity contribution < 1.29 is 20.1 Å². The van der Waals surface area contributed by atoms with Crippen LogP contribution in [0.4, 0.5) is 0 Å². The highest BCUT2D eigenvalue weighted by Gasteiger charge is 2.19. The Morgan fingerprint density at radius 1 is 1.11 bits per heavy atom. The van der Waals surface area contributed by atoms with E-state index in [1.165, 1.54) is 4.57 Å². The molecule has 6 nitrogen and oxygen atoms in total. The topological polar surface area (TPSA) is 99.8 Å². The van der Waals surface area contributed by atoms with Gasteiger partial charge in [0.1, 0.15) is 11.3 Å². The molecule has 27 heavy (non-hydrogen) atoms. The first kappa shape index (κ1) is 19.2. The summed E-state index contributed by atoms with van der Waals surface area (Å²) in [5.41, 5.74) is 0.121. The van der Waals surface area contributed by atoms with Crippen LogP contribution in [0, 0.1) is 0 Å². The average molecular weight is 408 g/mol. The summed E-state index contributed by atoms with van der Waals surface area (Å²) in [5.74, 6) is -1.72. The Balaban J connectivity index is 2.24. The van der Waals surface area contributed by atoms with Crippen molar-refractivity contribution in [2.75, 3.05) is 6.61 Å². The molecule has 0 aliphatic heterocycles. The number of nitrogens with zero attached hydrogens (tertiary/aromatic N) is 1. The highest BCUT2D eigenvalue weighted by molar-refractivity contribution is 6.42. The van der Waals surface area contributed by atoms with Gasteiger partial charge in [0.25, 0.3) is 0 Å². The van der Waals surface area contributed by atoms with Crippen molar-refractivity contribution in [2.24, 2.45) is 0 Å². The number of hydrogen-bond acceptors (Lipinski definition) is 4. The first-order chi connectivity index (χ1) is 12.8. The van der Waals surface area contributed by atoms with Crippen molar-refractivity contribution in [3.63, 3.8) is 0 Å². The lowest BCUT2D eigenvalue weighted by Crippen LogP contribution is -2.20. The summed E-state index contributed by atoms with van der Waals surface area (Å²) in [6, 6.07) is 8.34. The van der Waals surface area contributed by atoms with Crippen LogP contribution >= 0.6 is 23.2 Å². The number of phenolic OH excluding ortho intramolecular Hbond substituents is 1. The maximum atomic E-state index is 12.6. The molecule has 0 saturated carbocycles. The Morgan fingerprint density at radius 3 is 2.52 bits per heavy atom. The van der Waals surface area contributed by atoms with E-state index in [0.29, 0.717) is 26.7 Å². The van der Waals surface area contributed by atoms with Gasteiger partial charge in [-0.1, -0.05) is 41.4 Å². The molecule has 0 fully saturated rings. The van der Waals surface area contributed by atoms with Gasteiger partial charge in [-0.25, -0.2) is 4.79 Å². The molecule has 0 unspecified atom stereocenters. The van der Waals surface area contributed by atoms with Gasteiger partial charge in [0, 0.05) is 19.2 Å². The standard InChI is InChI=1S/C19H15Cl2NO5/c20-13-3-1-2-10(16(13)21)8-11-4-5-14-15(17(11)24)18(25)12(19(26)27)9-22(14)6-7-23/h1-5,9,23-24H,6-8H2,(H,26,27). The van der Waals surface area contributed by atoms with E-state index in [1.807, 2.05) is 0 Å². The predicted molar refractivity (Wildman–Crippen MR) is 103 cm³/mol. The van der Waals surface area contributed by atoms with Gasteiger partial charge < -0.3 is 19.9 Å². The van der Waals surface area contributed by atoms with Gasteiger partial charge in [-0.2, -0.15) is 0 Å². The average Bonchev–Trinajstić information content (AvgIpc) is 2.62. The number of carboxylic acids is 1. The quantitative estimate of drug-likeness (QED) is 0.602. The number of benzene rings is 2. The Kier molecular flexibility index (Phi) is 5.41. The van der Waals surface area contributed by atoms with Crippen LogP contribution in [-0.2, 0) is 13.0 Å². The zero-order valence-electron chi connectivity index (χ0n) is 13.9. The lowest BCUT2D eigenvalue weighted by molar-refractivity contribution is 0.0694. The summed E-state index contributed by atoms with van der Waals surface area (Å²) in [6.07, 6.45) is 1.37. The molecule has 0 atom stereocenters. The molecule has 0 saturated heterocycles. The van der Waals surface area contributed by atoms with E-state index < -0.39 is 17.0 Å². The third-order valence-corrected chi connectivity index (χ3v) is 5.15. The Labute approximate surface area is 163 Å². The molecule has 0 aliphatic carbocycles. The largest absolute Gasteiger partial charge is 0.507 e. The van der Waals surface area contributed by atoms with E-state index in [1.54, 1.807) is 30.3 Å². The molecule has 2 aromatic carbocycles. The van der Waals surface area contributed by atoms with Crippen LogP contribution in [0.2, 0.25) is 10.0 Å². The van der Waals surface area contributed by atoms with E-state index in [4.69, 9.17) is 23.2 Å². The van der Waals surface area contributed by atoms with Crippen LogP contribution in [0.3, 0.4) is 0 Å². The van der Waals surface area contributed by atoms with Crippen LogP contribution in [0.5, 0.6) is 5.75 Å². The molecule has 1 heterocycles. The van der Waals surface area contributed by atoms with Gasteiger partial charge in [-0.15, -0.1) is 0 Å². The van der Waals surface area contributed by atoms with Crippen LogP contribution in [0.25, 0.3) is 10.9 Å². The predicted octanol–water partition coefficient (Wildman–Crippen LogP) is 3.30. The number of aromatic hydroxyl groups is 1. The monoisotopic (exact) mass is 407 g/mol. The van der Waals surface area contributed by atoms with E-state index in [9.17, 15) is 24.9 Å². The highest BCUT2D eigenvalue weighted by atomic mass is 35.5. The summed E-state index contributed by atoms with van der Waals surface area (Å²) in [7, 11) is 0. The van der Waals surface area contributed by atoms with Gasteiger partial charge in [0.2, 0.25) is 5.43 Å². The van der Waals surface area contributed by atoms with Crippen LogP contribution in [0.1, 0.15) is 21.5 Å². The molecule has 140 valence electrons. The van der Waals surface area contributed by atoms with Crippen LogP contribution < -0.4 is 5.43 Å². The van der Waals surface area contributed by atoms with E-state index in [-0.39, 0.29) is 30.7 Å². The zero-order valence-corrected chi connectivity index (χ0v) is 15.5. The maximum absolute atomic E-state index is 12.6. The number of aromatic carboxylic acids is 1. The first-order valence-corrected chi connectivity index (χ1v) is 8.75. The van der Waals surface area contributed by atoms with Crippen molar-refractivity contribution >= 4 is 40.1 Å². The number of carbonyl (C=O) groups is 1. The molecule has 0 bridgehead atoms. The summed E-state index contributed by atoms with van der Waals surface area (Å²) >= 11 is 12.2. The minimum absolute atomic E-state index is 0.0793. The van der Waals surface area contributed by atoms with Crippen LogP contribution in [-0.4, -0.2) is 32.5 Å². The molecule has 0 spiro atoms. The third-order valence-electron chi connectivity index (χ3n) is 4.29. The molecule has 3 aromatic rings. The van der Waals surface area contributed by atoms with Gasteiger partial charge >= 0.3 is 5.97 Å². The molecular weight excluding hydrogens is 393 g/mol. The zero-order chi connectivity index (χ0) is 19.7. The minimum atomic E-state index is -1.41. The summed E-state index contributed by atoms with van der Waals surface area (Å²) < 4.78 is 1.43. The SMILES string of the molecule is O=C(O)c1cn(CCO)c2ccc(Cc3cccc(Cl)c3Cl)c(O)c2c1=O. The molecule has 0 radical (unpaired) electrons. The number of aliphatic hydroxyl groups excluding tert-OH is 1. The normalized spacial score (nSPS) is 11.1. The summed E-state index contributed by atoms with van der Waals surface area (Å²) in [4.78, 5) is 24.0. The van der Waals surface area contributed by atoms with Gasteiger partial charge in [0.15, 0.2) is 0 Å². The first-order valence-electron chi connectivity index (χ1n) is 8.00. The number of halogens is 2. The number of pyridine rings is 1. The number of phenols is 1. The van der Waals surface area contributed by atoms with E-state index in [2.05, 4.69) is 0 Å². The number of fused-ring (bicyclic) bond motifs is 1. The molecule has 1 aromatic heterocycles. The van der Waals surface area contributed by atoms with Gasteiger partial charge in [-0.3, -0.25) is 4.79 Å². The Hall–Kier alpha value is -2.54. The fraction of sp³-hybridized carbons (Fsp3) is 0.158. The summed E-state index contributed by atoms with van der Waals surface area (Å²) in [6.45, 7) is -0.173. The van der Waals surface area contributed by atoms with Crippen molar-refractivity contribution in [3.8, 4) is 5.75 Å². The molecule has 3 rings (SSSR count). The summed E-state index contributed by atoms with van der Waals surface area (Å²) in [5, 5.41) is 29.8. The third kappa shape index (κ3) is 3.51. The smallest absolute Gasteiger partial charge is 0.341 e.